The molecule has 0 saturated carbocycles. The Morgan fingerprint density at radius 2 is 1.71 bits per heavy atom. The standard InChI is InChI=1S/C24H24N2O5/c1-15(24(30)19-8-10-20(11-9-19)25-16(2)27)31-23(29)14-22-21-7-5-4-6-18(21)12-13-26(22)17(3)28/h4-13,15,22H,14H2,1-3H3,(H,25,27)/t15-,22+/m0/s1. The van der Waals surface area contributed by atoms with Gasteiger partial charge in [0, 0.05) is 31.3 Å². The van der Waals surface area contributed by atoms with Crippen LogP contribution < -0.4 is 5.32 Å². The van der Waals surface area contributed by atoms with Crippen molar-refractivity contribution in [3.05, 3.63) is 71.4 Å². The predicted molar refractivity (Wildman–Crippen MR) is 116 cm³/mol. The van der Waals surface area contributed by atoms with Crippen molar-refractivity contribution in [2.75, 3.05) is 5.32 Å². The number of Topliss-reactive ketones (excluding diaryl/α,β-unsaturated/α-hetero) is 1. The lowest BCUT2D eigenvalue weighted by Crippen LogP contribution is -2.33. The minimum atomic E-state index is -0.987. The van der Waals surface area contributed by atoms with Crippen molar-refractivity contribution in [1.29, 1.82) is 0 Å². The molecule has 7 heteroatoms. The number of fused-ring (bicyclic) bond motifs is 1. The third kappa shape index (κ3) is 5.25. The van der Waals surface area contributed by atoms with Crippen molar-refractivity contribution in [2.24, 2.45) is 0 Å². The summed E-state index contributed by atoms with van der Waals surface area (Å²) in [5.41, 5.74) is 2.72. The first-order valence-electron chi connectivity index (χ1n) is 9.93. The average molecular weight is 420 g/mol. The minimum Gasteiger partial charge on any atom is -0.454 e. The van der Waals surface area contributed by atoms with Gasteiger partial charge < -0.3 is 15.0 Å². The van der Waals surface area contributed by atoms with Crippen LogP contribution in [0.4, 0.5) is 5.69 Å². The van der Waals surface area contributed by atoms with Crippen LogP contribution in [0.15, 0.2) is 54.7 Å². The second-order valence-electron chi connectivity index (χ2n) is 7.35. The van der Waals surface area contributed by atoms with Gasteiger partial charge in [-0.1, -0.05) is 24.3 Å². The van der Waals surface area contributed by atoms with Gasteiger partial charge in [-0.15, -0.1) is 0 Å². The van der Waals surface area contributed by atoms with E-state index in [2.05, 4.69) is 5.32 Å². The largest absolute Gasteiger partial charge is 0.454 e. The Kier molecular flexibility index (Phi) is 6.65. The Balaban J connectivity index is 1.67. The Labute approximate surface area is 180 Å². The Morgan fingerprint density at radius 1 is 1.03 bits per heavy atom. The molecule has 1 N–H and O–H groups in total. The van der Waals surface area contributed by atoms with Crippen LogP contribution in [0, 0.1) is 0 Å². The number of amides is 2. The molecule has 1 aliphatic heterocycles. The fourth-order valence-corrected chi connectivity index (χ4v) is 3.53. The molecule has 31 heavy (non-hydrogen) atoms. The fraction of sp³-hybridized carbons (Fsp3) is 0.250. The number of carbonyl (C=O) groups is 4. The van der Waals surface area contributed by atoms with Crippen LogP contribution >= 0.6 is 0 Å². The van der Waals surface area contributed by atoms with Gasteiger partial charge in [0.05, 0.1) is 12.5 Å². The van der Waals surface area contributed by atoms with Crippen LogP contribution in [0.2, 0.25) is 0 Å². The summed E-state index contributed by atoms with van der Waals surface area (Å²) < 4.78 is 5.39. The number of ether oxygens (including phenoxy) is 1. The molecule has 160 valence electrons. The topological polar surface area (TPSA) is 92.8 Å². The Bertz CT molecular complexity index is 1040. The number of hydrogen-bond acceptors (Lipinski definition) is 5. The summed E-state index contributed by atoms with van der Waals surface area (Å²) in [6.45, 7) is 4.35. The lowest BCUT2D eigenvalue weighted by molar-refractivity contribution is -0.148. The average Bonchev–Trinajstić information content (AvgIpc) is 2.73. The van der Waals surface area contributed by atoms with Gasteiger partial charge in [-0.05, 0) is 48.4 Å². The molecule has 0 spiro atoms. The number of hydrogen-bond donors (Lipinski definition) is 1. The highest BCUT2D eigenvalue weighted by atomic mass is 16.5. The summed E-state index contributed by atoms with van der Waals surface area (Å²) in [5.74, 6) is -1.32. The van der Waals surface area contributed by atoms with Crippen molar-refractivity contribution in [3.8, 4) is 0 Å². The van der Waals surface area contributed by atoms with Crippen molar-refractivity contribution < 1.29 is 23.9 Å². The van der Waals surface area contributed by atoms with Gasteiger partial charge in [0.15, 0.2) is 6.10 Å². The second-order valence-corrected chi connectivity index (χ2v) is 7.35. The number of carbonyl (C=O) groups excluding carboxylic acids is 4. The highest BCUT2D eigenvalue weighted by Crippen LogP contribution is 2.33. The highest BCUT2D eigenvalue weighted by Gasteiger charge is 2.30. The zero-order valence-corrected chi connectivity index (χ0v) is 17.6. The van der Waals surface area contributed by atoms with Gasteiger partial charge in [-0.2, -0.15) is 0 Å². The number of ketones is 1. The van der Waals surface area contributed by atoms with E-state index in [0.29, 0.717) is 11.3 Å². The maximum absolute atomic E-state index is 12.6. The van der Waals surface area contributed by atoms with Crippen molar-refractivity contribution >= 4 is 35.3 Å². The minimum absolute atomic E-state index is 0.0694. The monoisotopic (exact) mass is 420 g/mol. The van der Waals surface area contributed by atoms with Crippen molar-refractivity contribution in [2.45, 2.75) is 39.3 Å². The van der Waals surface area contributed by atoms with Crippen LogP contribution in [-0.4, -0.2) is 34.6 Å². The van der Waals surface area contributed by atoms with E-state index < -0.39 is 18.1 Å². The van der Waals surface area contributed by atoms with Crippen LogP contribution in [0.1, 0.15) is 54.7 Å². The van der Waals surface area contributed by atoms with Gasteiger partial charge in [0.1, 0.15) is 0 Å². The normalized spacial score (nSPS) is 15.6. The van der Waals surface area contributed by atoms with Crippen LogP contribution in [0.3, 0.4) is 0 Å². The third-order valence-corrected chi connectivity index (χ3v) is 5.00. The van der Waals surface area contributed by atoms with E-state index in [-0.39, 0.29) is 24.0 Å². The molecule has 0 radical (unpaired) electrons. The third-order valence-electron chi connectivity index (χ3n) is 5.00. The van der Waals surface area contributed by atoms with E-state index in [4.69, 9.17) is 4.74 Å². The van der Waals surface area contributed by atoms with E-state index in [1.54, 1.807) is 30.5 Å². The van der Waals surface area contributed by atoms with Crippen LogP contribution in [0.5, 0.6) is 0 Å². The highest BCUT2D eigenvalue weighted by molar-refractivity contribution is 6.00. The molecule has 2 aromatic carbocycles. The lowest BCUT2D eigenvalue weighted by atomic mass is 9.94. The maximum atomic E-state index is 12.6. The number of anilines is 1. The SMILES string of the molecule is CC(=O)Nc1ccc(C(=O)[C@H](C)OC(=O)C[C@@H]2c3ccccc3C=CN2C(C)=O)cc1. The molecule has 0 aromatic heterocycles. The summed E-state index contributed by atoms with van der Waals surface area (Å²) in [7, 11) is 0. The van der Waals surface area contributed by atoms with E-state index in [1.165, 1.54) is 25.7 Å². The molecular weight excluding hydrogens is 396 g/mol. The molecule has 0 bridgehead atoms. The van der Waals surface area contributed by atoms with Gasteiger partial charge in [0.2, 0.25) is 17.6 Å². The summed E-state index contributed by atoms with van der Waals surface area (Å²) >= 11 is 0. The number of esters is 1. The predicted octanol–water partition coefficient (Wildman–Crippen LogP) is 3.72. The molecule has 2 amide bonds. The van der Waals surface area contributed by atoms with Gasteiger partial charge in [0.25, 0.3) is 0 Å². The zero-order chi connectivity index (χ0) is 22.5. The van der Waals surface area contributed by atoms with Crippen LogP contribution in [-0.2, 0) is 19.1 Å². The Hall–Kier alpha value is -3.74. The van der Waals surface area contributed by atoms with E-state index >= 15 is 0 Å². The van der Waals surface area contributed by atoms with Gasteiger partial charge in [-0.3, -0.25) is 19.2 Å². The first kappa shape index (κ1) is 22.0. The second kappa shape index (κ2) is 9.38. The number of nitrogens with one attached hydrogen (secondary N) is 1. The van der Waals surface area contributed by atoms with E-state index in [0.717, 1.165) is 11.1 Å². The first-order valence-corrected chi connectivity index (χ1v) is 9.93. The van der Waals surface area contributed by atoms with Crippen molar-refractivity contribution in [3.63, 3.8) is 0 Å². The maximum Gasteiger partial charge on any atom is 0.308 e. The molecule has 3 rings (SSSR count). The molecule has 2 aromatic rings. The number of nitrogens with zero attached hydrogens (tertiary/aromatic N) is 1. The lowest BCUT2D eigenvalue weighted by Gasteiger charge is -2.32. The molecule has 1 aliphatic rings. The van der Waals surface area contributed by atoms with Gasteiger partial charge in [-0.25, -0.2) is 0 Å². The molecule has 1 heterocycles. The zero-order valence-electron chi connectivity index (χ0n) is 17.6. The molecule has 0 unspecified atom stereocenters. The smallest absolute Gasteiger partial charge is 0.308 e. The summed E-state index contributed by atoms with van der Waals surface area (Å²) in [6, 6.07) is 13.4. The fourth-order valence-electron chi connectivity index (χ4n) is 3.53. The van der Waals surface area contributed by atoms with E-state index in [1.807, 2.05) is 30.3 Å². The summed E-state index contributed by atoms with van der Waals surface area (Å²) in [5, 5.41) is 2.63. The number of rotatable bonds is 6. The molecule has 0 aliphatic carbocycles. The van der Waals surface area contributed by atoms with Crippen molar-refractivity contribution in [1.82, 2.24) is 4.90 Å². The molecular formula is C24H24N2O5. The van der Waals surface area contributed by atoms with E-state index in [9.17, 15) is 19.2 Å². The van der Waals surface area contributed by atoms with Gasteiger partial charge >= 0.3 is 5.97 Å². The molecule has 0 fully saturated rings. The summed E-state index contributed by atoms with van der Waals surface area (Å²) in [6.07, 6.45) is 2.43. The summed E-state index contributed by atoms with van der Waals surface area (Å²) in [4.78, 5) is 49.9. The molecule has 7 nitrogen and oxygen atoms in total. The molecule has 0 saturated heterocycles. The Morgan fingerprint density at radius 3 is 2.35 bits per heavy atom. The number of benzene rings is 2. The quantitative estimate of drug-likeness (QED) is 0.568. The molecule has 2 atom stereocenters. The first-order chi connectivity index (χ1) is 14.8. The van der Waals surface area contributed by atoms with Crippen LogP contribution in [0.25, 0.3) is 6.08 Å².